The molecular formula is C26H34N2O5S. The van der Waals surface area contributed by atoms with E-state index in [-0.39, 0.29) is 31.0 Å². The lowest BCUT2D eigenvalue weighted by molar-refractivity contribution is -0.122. The van der Waals surface area contributed by atoms with Gasteiger partial charge in [0.15, 0.2) is 14.6 Å². The van der Waals surface area contributed by atoms with Crippen molar-refractivity contribution < 1.29 is 22.7 Å². The van der Waals surface area contributed by atoms with Crippen LogP contribution in [-0.4, -0.2) is 52.0 Å². The number of carbonyl (C=O) groups is 1. The van der Waals surface area contributed by atoms with Crippen molar-refractivity contribution in [1.82, 2.24) is 0 Å². The second-order valence-corrected chi connectivity index (χ2v) is 11.3. The van der Waals surface area contributed by atoms with E-state index < -0.39 is 20.5 Å². The summed E-state index contributed by atoms with van der Waals surface area (Å²) in [6, 6.07) is 15.0. The smallest absolute Gasteiger partial charge is 0.239 e. The molecule has 1 fully saturated rings. The van der Waals surface area contributed by atoms with E-state index >= 15 is 0 Å². The zero-order valence-electron chi connectivity index (χ0n) is 19.6. The number of fused-ring (bicyclic) bond motifs is 1. The molecule has 0 unspecified atom stereocenters. The highest BCUT2D eigenvalue weighted by Crippen LogP contribution is 2.35. The van der Waals surface area contributed by atoms with E-state index in [0.717, 1.165) is 32.4 Å². The first-order chi connectivity index (χ1) is 16.4. The monoisotopic (exact) mass is 486 g/mol. The normalized spacial score (nSPS) is 17.7. The van der Waals surface area contributed by atoms with Crippen molar-refractivity contribution in [2.24, 2.45) is 5.73 Å². The van der Waals surface area contributed by atoms with Crippen LogP contribution in [0.15, 0.2) is 53.4 Å². The second kappa shape index (κ2) is 10.8. The van der Waals surface area contributed by atoms with Gasteiger partial charge in [-0.3, -0.25) is 4.79 Å². The third-order valence-corrected chi connectivity index (χ3v) is 9.48. The van der Waals surface area contributed by atoms with Gasteiger partial charge in [0.25, 0.3) is 0 Å². The zero-order valence-corrected chi connectivity index (χ0v) is 20.4. The fourth-order valence-electron chi connectivity index (χ4n) is 4.90. The Morgan fingerprint density at radius 1 is 1.03 bits per heavy atom. The van der Waals surface area contributed by atoms with Crippen molar-refractivity contribution in [2.45, 2.75) is 54.6 Å². The first-order valence-corrected chi connectivity index (χ1v) is 13.6. The van der Waals surface area contributed by atoms with E-state index in [9.17, 15) is 13.2 Å². The Balaban J connectivity index is 1.24. The molecule has 184 valence electrons. The average molecular weight is 487 g/mol. The number of rotatable bonds is 10. The van der Waals surface area contributed by atoms with Crippen molar-refractivity contribution in [3.63, 3.8) is 0 Å². The lowest BCUT2D eigenvalue weighted by Crippen LogP contribution is -2.53. The topological polar surface area (TPSA) is 98.9 Å². The van der Waals surface area contributed by atoms with Gasteiger partial charge in [-0.1, -0.05) is 18.2 Å². The molecule has 34 heavy (non-hydrogen) atoms. The van der Waals surface area contributed by atoms with Crippen molar-refractivity contribution >= 4 is 21.4 Å². The minimum Gasteiger partial charge on any atom is -0.494 e. The van der Waals surface area contributed by atoms with Gasteiger partial charge in [0.05, 0.1) is 11.5 Å². The predicted molar refractivity (Wildman–Crippen MR) is 132 cm³/mol. The van der Waals surface area contributed by atoms with Gasteiger partial charge in [0.2, 0.25) is 5.91 Å². The number of nitrogens with zero attached hydrogens (tertiary/aromatic N) is 1. The number of carbonyl (C=O) groups excluding carboxylic acids is 1. The summed E-state index contributed by atoms with van der Waals surface area (Å²) >= 11 is 0. The van der Waals surface area contributed by atoms with E-state index in [1.54, 1.807) is 12.1 Å². The van der Waals surface area contributed by atoms with Gasteiger partial charge in [-0.2, -0.15) is 0 Å². The van der Waals surface area contributed by atoms with Crippen LogP contribution in [0.4, 0.5) is 5.69 Å². The fraction of sp³-hybridized carbons (Fsp3) is 0.500. The summed E-state index contributed by atoms with van der Waals surface area (Å²) in [5.41, 5.74) is 8.35. The lowest BCUT2D eigenvalue weighted by Gasteiger charge is -2.33. The van der Waals surface area contributed by atoms with Crippen LogP contribution in [0.5, 0.6) is 5.75 Å². The molecule has 1 saturated heterocycles. The molecule has 0 atom stereocenters. The molecule has 2 aliphatic heterocycles. The Morgan fingerprint density at radius 2 is 1.76 bits per heavy atom. The molecule has 2 aromatic rings. The summed E-state index contributed by atoms with van der Waals surface area (Å²) < 4.78 is 35.9. The summed E-state index contributed by atoms with van der Waals surface area (Å²) in [4.78, 5) is 14.7. The molecule has 7 nitrogen and oxygen atoms in total. The molecule has 0 aromatic heterocycles. The fourth-order valence-corrected chi connectivity index (χ4v) is 6.82. The molecule has 2 N–H and O–H groups in total. The molecule has 0 radical (unpaired) electrons. The summed E-state index contributed by atoms with van der Waals surface area (Å²) in [5.74, 6) is -0.201. The van der Waals surface area contributed by atoms with Crippen molar-refractivity contribution in [2.75, 3.05) is 37.8 Å². The highest BCUT2D eigenvalue weighted by atomic mass is 32.2. The molecule has 1 amide bonds. The number of amides is 1. The largest absolute Gasteiger partial charge is 0.494 e. The molecule has 0 aliphatic carbocycles. The van der Waals surface area contributed by atoms with Gasteiger partial charge in [-0.15, -0.1) is 0 Å². The lowest BCUT2D eigenvalue weighted by atomic mass is 9.98. The van der Waals surface area contributed by atoms with Crippen molar-refractivity contribution in [3.8, 4) is 5.75 Å². The minimum absolute atomic E-state index is 0.0753. The van der Waals surface area contributed by atoms with Gasteiger partial charge in [0.1, 0.15) is 5.75 Å². The highest BCUT2D eigenvalue weighted by Gasteiger charge is 2.51. The number of aryl methyl sites for hydroxylation is 1. The van der Waals surface area contributed by atoms with E-state index in [0.29, 0.717) is 12.4 Å². The molecule has 8 heteroatoms. The average Bonchev–Trinajstić information content (AvgIpc) is 2.86. The van der Waals surface area contributed by atoms with Crippen LogP contribution in [0.25, 0.3) is 0 Å². The number of unbranched alkanes of at least 4 members (excludes halogenated alkanes) is 2. The predicted octanol–water partition coefficient (Wildman–Crippen LogP) is 3.50. The number of nitrogens with two attached hydrogens (primary N) is 1. The van der Waals surface area contributed by atoms with Gasteiger partial charge in [-0.05, 0) is 80.8 Å². The molecule has 0 saturated carbocycles. The van der Waals surface area contributed by atoms with Crippen LogP contribution >= 0.6 is 0 Å². The highest BCUT2D eigenvalue weighted by molar-refractivity contribution is 7.93. The first kappa shape index (κ1) is 24.5. The Kier molecular flexibility index (Phi) is 7.78. The number of para-hydroxylation sites is 1. The standard InChI is InChI=1S/C26H34N2O5S/c27-25(29)26(14-19-32-20-15-26)34(30,31)23-12-10-22(11-13-23)33-18-5-1-4-16-28-17-6-8-21-7-2-3-9-24(21)28/h2-3,7,9-13H,1,4-6,8,14-20H2,(H2,27,29). The number of sulfone groups is 1. The quantitative estimate of drug-likeness (QED) is 0.516. The Labute approximate surface area is 202 Å². The summed E-state index contributed by atoms with van der Waals surface area (Å²) in [6.45, 7) is 3.15. The van der Waals surface area contributed by atoms with Crippen LogP contribution in [0.1, 0.15) is 44.1 Å². The van der Waals surface area contributed by atoms with Gasteiger partial charge >= 0.3 is 0 Å². The second-order valence-electron chi connectivity index (χ2n) is 9.07. The summed E-state index contributed by atoms with van der Waals surface area (Å²) in [6.07, 6.45) is 5.62. The van der Waals surface area contributed by atoms with E-state index in [1.165, 1.54) is 36.2 Å². The van der Waals surface area contributed by atoms with Crippen LogP contribution in [-0.2, 0) is 25.8 Å². The maximum Gasteiger partial charge on any atom is 0.239 e. The molecule has 2 aromatic carbocycles. The Morgan fingerprint density at radius 3 is 2.50 bits per heavy atom. The molecule has 4 rings (SSSR count). The Bertz CT molecular complexity index is 1080. The van der Waals surface area contributed by atoms with Gasteiger partial charge in [-0.25, -0.2) is 8.42 Å². The van der Waals surface area contributed by atoms with Crippen LogP contribution < -0.4 is 15.4 Å². The van der Waals surface area contributed by atoms with Crippen LogP contribution in [0.3, 0.4) is 0 Å². The third-order valence-electron chi connectivity index (χ3n) is 6.95. The van der Waals surface area contributed by atoms with E-state index in [4.69, 9.17) is 15.2 Å². The number of anilines is 1. The summed E-state index contributed by atoms with van der Waals surface area (Å²) in [5, 5.41) is 0. The zero-order chi connectivity index (χ0) is 24.0. The number of hydrogen-bond donors (Lipinski definition) is 1. The van der Waals surface area contributed by atoms with E-state index in [2.05, 4.69) is 29.2 Å². The maximum atomic E-state index is 13.2. The number of ether oxygens (including phenoxy) is 2. The van der Waals surface area contributed by atoms with Crippen molar-refractivity contribution in [3.05, 3.63) is 54.1 Å². The first-order valence-electron chi connectivity index (χ1n) is 12.1. The molecule has 0 bridgehead atoms. The number of primary amides is 1. The summed E-state index contributed by atoms with van der Waals surface area (Å²) in [7, 11) is -3.92. The third kappa shape index (κ3) is 5.08. The van der Waals surface area contributed by atoms with E-state index in [1.807, 2.05) is 0 Å². The van der Waals surface area contributed by atoms with Gasteiger partial charge in [0, 0.05) is 32.0 Å². The Hall–Kier alpha value is -2.58. The number of hydrogen-bond acceptors (Lipinski definition) is 6. The van der Waals surface area contributed by atoms with Crippen LogP contribution in [0, 0.1) is 0 Å². The van der Waals surface area contributed by atoms with Crippen LogP contribution in [0.2, 0.25) is 0 Å². The maximum absolute atomic E-state index is 13.2. The number of benzene rings is 2. The SMILES string of the molecule is NC(=O)C1(S(=O)(=O)c2ccc(OCCCCCN3CCCc4ccccc43)cc2)CCOCC1. The van der Waals surface area contributed by atoms with Crippen molar-refractivity contribution in [1.29, 1.82) is 0 Å². The molecule has 2 heterocycles. The molecule has 2 aliphatic rings. The molecule has 0 spiro atoms. The van der Waals surface area contributed by atoms with Gasteiger partial charge < -0.3 is 20.1 Å². The molecular weight excluding hydrogens is 452 g/mol. The minimum atomic E-state index is -3.92.